The summed E-state index contributed by atoms with van der Waals surface area (Å²) < 4.78 is 12.0. The summed E-state index contributed by atoms with van der Waals surface area (Å²) in [5, 5.41) is 2.29. The first-order valence-electron chi connectivity index (χ1n) is 9.88. The maximum Gasteiger partial charge on any atom is 0.225 e. The Bertz CT molecular complexity index is 1190. The molecule has 0 N–H and O–H groups in total. The number of rotatable bonds is 5. The summed E-state index contributed by atoms with van der Waals surface area (Å²) in [6.07, 6.45) is 1.67. The molecule has 30 heavy (non-hydrogen) atoms. The molecule has 148 valence electrons. The van der Waals surface area contributed by atoms with Gasteiger partial charge in [0.25, 0.3) is 0 Å². The van der Waals surface area contributed by atoms with E-state index >= 15 is 0 Å². The third kappa shape index (κ3) is 4.95. The van der Waals surface area contributed by atoms with Gasteiger partial charge in [0.15, 0.2) is 0 Å². The van der Waals surface area contributed by atoms with E-state index in [9.17, 15) is 0 Å². The average Bonchev–Trinajstić information content (AvgIpc) is 2.78. The van der Waals surface area contributed by atoms with Gasteiger partial charge in [0.1, 0.15) is 11.5 Å². The number of hydrogen-bond donors (Lipinski definition) is 0. The van der Waals surface area contributed by atoms with Gasteiger partial charge >= 0.3 is 0 Å². The fourth-order valence-corrected chi connectivity index (χ4v) is 2.98. The molecule has 0 aliphatic carbocycles. The molecule has 0 aliphatic rings. The number of nitrogens with zero attached hydrogens (tertiary/aromatic N) is 1. The van der Waals surface area contributed by atoms with Crippen LogP contribution in [-0.2, 0) is 0 Å². The van der Waals surface area contributed by atoms with Crippen molar-refractivity contribution in [2.75, 3.05) is 0 Å². The Hall–Kier alpha value is -3.85. The van der Waals surface area contributed by atoms with Crippen molar-refractivity contribution >= 4 is 22.4 Å². The fraction of sp³-hybridized carbons (Fsp3) is 0.0741. The number of aliphatic imine (C=N–C) groups is 1. The lowest BCUT2D eigenvalue weighted by molar-refractivity contribution is 0.473. The van der Waals surface area contributed by atoms with E-state index in [0.29, 0.717) is 5.90 Å². The molecule has 0 bridgehead atoms. The van der Waals surface area contributed by atoms with E-state index < -0.39 is 0 Å². The molecule has 0 heterocycles. The third-order valence-electron chi connectivity index (χ3n) is 4.65. The van der Waals surface area contributed by atoms with E-state index in [1.54, 1.807) is 6.26 Å². The molecule has 0 saturated carbocycles. The number of benzene rings is 4. The summed E-state index contributed by atoms with van der Waals surface area (Å²) in [5.74, 6) is 1.99. The van der Waals surface area contributed by atoms with Gasteiger partial charge in [-0.15, -0.1) is 0 Å². The number of ether oxygens (including phenoxy) is 2. The van der Waals surface area contributed by atoms with Gasteiger partial charge in [0.2, 0.25) is 5.90 Å². The summed E-state index contributed by atoms with van der Waals surface area (Å²) in [4.78, 5) is 4.71. The van der Waals surface area contributed by atoms with E-state index in [0.717, 1.165) is 28.1 Å². The Kier molecular flexibility index (Phi) is 5.90. The minimum absolute atomic E-state index is 0.489. The third-order valence-corrected chi connectivity index (χ3v) is 4.65. The second-order valence-corrected chi connectivity index (χ2v) is 7.10. The van der Waals surface area contributed by atoms with Crippen LogP contribution in [0.15, 0.2) is 114 Å². The average molecular weight is 393 g/mol. The lowest BCUT2D eigenvalue weighted by atomic mass is 10.1. The van der Waals surface area contributed by atoms with E-state index in [2.05, 4.69) is 12.1 Å². The van der Waals surface area contributed by atoms with Crippen LogP contribution in [0, 0.1) is 6.92 Å². The quantitative estimate of drug-likeness (QED) is 0.203. The maximum absolute atomic E-state index is 6.20. The number of aryl methyl sites for hydroxylation is 1. The minimum Gasteiger partial charge on any atom is -0.465 e. The van der Waals surface area contributed by atoms with Crippen LogP contribution in [0.4, 0.5) is 5.69 Å². The van der Waals surface area contributed by atoms with Gasteiger partial charge in [0, 0.05) is 5.57 Å². The van der Waals surface area contributed by atoms with Gasteiger partial charge in [-0.3, -0.25) is 0 Å². The molecule has 3 heteroatoms. The fourth-order valence-electron chi connectivity index (χ4n) is 2.98. The van der Waals surface area contributed by atoms with E-state index in [1.165, 1.54) is 10.9 Å². The van der Waals surface area contributed by atoms with Crippen LogP contribution in [0.3, 0.4) is 0 Å². The molecule has 4 aromatic rings. The summed E-state index contributed by atoms with van der Waals surface area (Å²) in [5.41, 5.74) is 2.79. The highest BCUT2D eigenvalue weighted by Gasteiger charge is 2.09. The largest absolute Gasteiger partial charge is 0.465 e. The molecule has 0 unspecified atom stereocenters. The van der Waals surface area contributed by atoms with Crippen molar-refractivity contribution in [3.05, 3.63) is 114 Å². The highest BCUT2D eigenvalue weighted by Crippen LogP contribution is 2.23. The van der Waals surface area contributed by atoms with Crippen LogP contribution < -0.4 is 9.47 Å². The Morgan fingerprint density at radius 3 is 2.17 bits per heavy atom. The molecular formula is C27H23NO2. The van der Waals surface area contributed by atoms with Crippen molar-refractivity contribution in [2.24, 2.45) is 4.99 Å². The normalized spacial score (nSPS) is 12.1. The summed E-state index contributed by atoms with van der Waals surface area (Å²) in [6.45, 7) is 3.98. The van der Waals surface area contributed by atoms with Gasteiger partial charge in [-0.1, -0.05) is 66.2 Å². The monoisotopic (exact) mass is 393 g/mol. The Morgan fingerprint density at radius 1 is 0.733 bits per heavy atom. The molecule has 0 radical (unpaired) electrons. The van der Waals surface area contributed by atoms with Crippen LogP contribution in [-0.4, -0.2) is 5.90 Å². The van der Waals surface area contributed by atoms with Crippen LogP contribution in [0.2, 0.25) is 0 Å². The second kappa shape index (κ2) is 9.10. The first kappa shape index (κ1) is 19.5. The maximum atomic E-state index is 6.20. The number of para-hydroxylation sites is 1. The zero-order valence-electron chi connectivity index (χ0n) is 17.1. The zero-order chi connectivity index (χ0) is 20.8. The van der Waals surface area contributed by atoms with Crippen LogP contribution in [0.25, 0.3) is 10.8 Å². The van der Waals surface area contributed by atoms with Crippen LogP contribution in [0.1, 0.15) is 12.5 Å². The summed E-state index contributed by atoms with van der Waals surface area (Å²) >= 11 is 0. The Labute approximate surface area is 176 Å². The van der Waals surface area contributed by atoms with Gasteiger partial charge in [-0.25, -0.2) is 4.99 Å². The first-order valence-corrected chi connectivity index (χ1v) is 9.88. The van der Waals surface area contributed by atoms with Crippen molar-refractivity contribution in [3.8, 4) is 11.5 Å². The molecular weight excluding hydrogens is 370 g/mol. The van der Waals surface area contributed by atoms with Crippen LogP contribution in [0.5, 0.6) is 11.5 Å². The zero-order valence-corrected chi connectivity index (χ0v) is 17.1. The number of hydrogen-bond acceptors (Lipinski definition) is 3. The highest BCUT2D eigenvalue weighted by molar-refractivity contribution is 5.96. The van der Waals surface area contributed by atoms with Crippen molar-refractivity contribution < 1.29 is 9.47 Å². The Balaban J connectivity index is 1.63. The molecule has 3 nitrogen and oxygen atoms in total. The predicted octanol–water partition coefficient (Wildman–Crippen LogP) is 7.24. The van der Waals surface area contributed by atoms with Gasteiger partial charge in [-0.05, 0) is 61.0 Å². The lowest BCUT2D eigenvalue weighted by Crippen LogP contribution is -2.11. The molecule has 0 aromatic heterocycles. The van der Waals surface area contributed by atoms with Crippen molar-refractivity contribution in [1.29, 1.82) is 0 Å². The minimum atomic E-state index is 0.489. The van der Waals surface area contributed by atoms with Crippen LogP contribution >= 0.6 is 0 Å². The topological polar surface area (TPSA) is 30.8 Å². The molecule has 0 atom stereocenters. The second-order valence-electron chi connectivity index (χ2n) is 7.10. The van der Waals surface area contributed by atoms with Crippen molar-refractivity contribution in [1.82, 2.24) is 0 Å². The van der Waals surface area contributed by atoms with Gasteiger partial charge < -0.3 is 9.47 Å². The van der Waals surface area contributed by atoms with E-state index in [4.69, 9.17) is 14.5 Å². The molecule has 0 spiro atoms. The van der Waals surface area contributed by atoms with Gasteiger partial charge in [0.05, 0.1) is 11.9 Å². The van der Waals surface area contributed by atoms with Gasteiger partial charge in [-0.2, -0.15) is 0 Å². The predicted molar refractivity (Wildman–Crippen MR) is 124 cm³/mol. The molecule has 0 saturated heterocycles. The smallest absolute Gasteiger partial charge is 0.225 e. The molecule has 4 aromatic carbocycles. The van der Waals surface area contributed by atoms with Crippen molar-refractivity contribution in [2.45, 2.75) is 13.8 Å². The number of fused-ring (bicyclic) bond motifs is 1. The van der Waals surface area contributed by atoms with Crippen molar-refractivity contribution in [3.63, 3.8) is 0 Å². The van der Waals surface area contributed by atoms with E-state index in [-0.39, 0.29) is 0 Å². The first-order chi connectivity index (χ1) is 14.7. The molecule has 0 amide bonds. The lowest BCUT2D eigenvalue weighted by Gasteiger charge is -2.11. The molecule has 4 rings (SSSR count). The SMILES string of the molecule is CC(=COc1ccc(C)cc1)/C(=N\c1ccccc1)Oc1ccc2ccccc2c1. The highest BCUT2D eigenvalue weighted by atomic mass is 16.5. The summed E-state index contributed by atoms with van der Waals surface area (Å²) in [6, 6.07) is 31.9. The summed E-state index contributed by atoms with van der Waals surface area (Å²) in [7, 11) is 0. The molecule has 0 aliphatic heterocycles. The molecule has 0 fully saturated rings. The standard InChI is InChI=1S/C27H23NO2/c1-20-12-15-25(16-13-20)29-19-21(2)27(28-24-10-4-3-5-11-24)30-26-17-14-22-8-6-7-9-23(22)18-26/h3-19H,1-2H3/b21-19?,28-27+. The Morgan fingerprint density at radius 2 is 1.40 bits per heavy atom. The van der Waals surface area contributed by atoms with E-state index in [1.807, 2.05) is 98.8 Å².